The van der Waals surface area contributed by atoms with Crippen molar-refractivity contribution in [2.45, 2.75) is 18.4 Å². The zero-order valence-corrected chi connectivity index (χ0v) is 8.62. The van der Waals surface area contributed by atoms with Crippen molar-refractivity contribution in [1.29, 1.82) is 0 Å². The molecule has 3 nitrogen and oxygen atoms in total. The first-order valence-electron chi connectivity index (χ1n) is 4.53. The highest BCUT2D eigenvalue weighted by Gasteiger charge is 2.45. The number of aliphatic imine (C=N–C) groups is 1. The Morgan fingerprint density at radius 1 is 1.40 bits per heavy atom. The second-order valence-electron chi connectivity index (χ2n) is 3.64. The third-order valence-electron chi connectivity index (χ3n) is 2.60. The Morgan fingerprint density at radius 2 is 2.13 bits per heavy atom. The molecule has 1 saturated carbocycles. The van der Waals surface area contributed by atoms with Crippen LogP contribution in [0.25, 0.3) is 0 Å². The standard InChI is InChI=1S/C11H8ClNO2/c12-9-3-1-2-8(4-9)11(13-7-14)5-10(15)6-11/h1-4H,5-6H2. The Kier molecular flexibility index (Phi) is 2.43. The Morgan fingerprint density at radius 3 is 2.67 bits per heavy atom. The monoisotopic (exact) mass is 221 g/mol. The zero-order valence-electron chi connectivity index (χ0n) is 7.87. The number of hydrogen-bond donors (Lipinski definition) is 0. The number of isocyanates is 1. The molecule has 76 valence electrons. The van der Waals surface area contributed by atoms with Gasteiger partial charge >= 0.3 is 0 Å². The highest BCUT2D eigenvalue weighted by molar-refractivity contribution is 6.30. The largest absolute Gasteiger partial charge is 0.299 e. The molecule has 0 N–H and O–H groups in total. The van der Waals surface area contributed by atoms with Crippen molar-refractivity contribution in [3.8, 4) is 0 Å². The predicted octanol–water partition coefficient (Wildman–Crippen LogP) is 2.23. The third-order valence-corrected chi connectivity index (χ3v) is 2.84. The molecule has 1 aliphatic rings. The zero-order chi connectivity index (χ0) is 10.9. The molecule has 0 radical (unpaired) electrons. The molecule has 0 spiro atoms. The molecule has 0 atom stereocenters. The summed E-state index contributed by atoms with van der Waals surface area (Å²) >= 11 is 5.84. The van der Waals surface area contributed by atoms with Crippen molar-refractivity contribution >= 4 is 23.5 Å². The number of halogens is 1. The maximum atomic E-state index is 11.0. The maximum absolute atomic E-state index is 11.0. The highest BCUT2D eigenvalue weighted by Crippen LogP contribution is 2.42. The van der Waals surface area contributed by atoms with E-state index in [9.17, 15) is 9.59 Å². The average Bonchev–Trinajstić information content (AvgIpc) is 2.15. The first-order valence-corrected chi connectivity index (χ1v) is 4.91. The second kappa shape index (κ2) is 3.61. The second-order valence-corrected chi connectivity index (χ2v) is 4.07. The number of rotatable bonds is 2. The van der Waals surface area contributed by atoms with Gasteiger partial charge in [-0.2, -0.15) is 4.99 Å². The van der Waals surface area contributed by atoms with Crippen LogP contribution in [0.3, 0.4) is 0 Å². The van der Waals surface area contributed by atoms with Crippen molar-refractivity contribution in [3.05, 3.63) is 34.9 Å². The van der Waals surface area contributed by atoms with Crippen molar-refractivity contribution in [1.82, 2.24) is 0 Å². The summed E-state index contributed by atoms with van der Waals surface area (Å²) in [5.41, 5.74) is 0.0990. The van der Waals surface area contributed by atoms with Crippen LogP contribution in [0.1, 0.15) is 18.4 Å². The molecule has 0 amide bonds. The van der Waals surface area contributed by atoms with Crippen LogP contribution in [0.15, 0.2) is 29.3 Å². The molecule has 1 aromatic rings. The quantitative estimate of drug-likeness (QED) is 0.568. The molecule has 1 fully saturated rings. The maximum Gasteiger partial charge on any atom is 0.235 e. The van der Waals surface area contributed by atoms with Crippen LogP contribution in [0.5, 0.6) is 0 Å². The van der Waals surface area contributed by atoms with E-state index in [1.54, 1.807) is 18.2 Å². The van der Waals surface area contributed by atoms with Crippen molar-refractivity contribution < 1.29 is 9.59 Å². The van der Waals surface area contributed by atoms with Crippen LogP contribution >= 0.6 is 11.6 Å². The van der Waals surface area contributed by atoms with Crippen LogP contribution in [-0.2, 0) is 15.1 Å². The molecule has 0 saturated heterocycles. The van der Waals surface area contributed by atoms with Gasteiger partial charge in [0, 0.05) is 17.9 Å². The van der Waals surface area contributed by atoms with Crippen LogP contribution in [0, 0.1) is 0 Å². The highest BCUT2D eigenvalue weighted by atomic mass is 35.5. The molecule has 15 heavy (non-hydrogen) atoms. The van der Waals surface area contributed by atoms with Gasteiger partial charge < -0.3 is 0 Å². The van der Waals surface area contributed by atoms with Gasteiger partial charge in [-0.15, -0.1) is 0 Å². The topological polar surface area (TPSA) is 46.5 Å². The van der Waals surface area contributed by atoms with E-state index in [2.05, 4.69) is 4.99 Å². The summed E-state index contributed by atoms with van der Waals surface area (Å²) in [7, 11) is 0. The average molecular weight is 222 g/mol. The van der Waals surface area contributed by atoms with E-state index in [1.807, 2.05) is 6.07 Å². The van der Waals surface area contributed by atoms with Gasteiger partial charge in [-0.05, 0) is 17.7 Å². The SMILES string of the molecule is O=C=NC1(c2cccc(Cl)c2)CC(=O)C1. The molecule has 2 rings (SSSR count). The van der Waals surface area contributed by atoms with Crippen molar-refractivity contribution in [2.24, 2.45) is 4.99 Å². The van der Waals surface area contributed by atoms with Gasteiger partial charge in [0.05, 0.1) is 0 Å². The molecule has 0 aromatic heterocycles. The van der Waals surface area contributed by atoms with Gasteiger partial charge in [-0.25, -0.2) is 4.79 Å². The number of ketones is 1. The number of hydrogen-bond acceptors (Lipinski definition) is 3. The van der Waals surface area contributed by atoms with E-state index in [0.29, 0.717) is 5.02 Å². The summed E-state index contributed by atoms with van der Waals surface area (Å²) in [4.78, 5) is 25.1. The van der Waals surface area contributed by atoms with E-state index in [0.717, 1.165) is 5.56 Å². The molecule has 0 aliphatic heterocycles. The van der Waals surface area contributed by atoms with Crippen LogP contribution < -0.4 is 0 Å². The first kappa shape index (κ1) is 10.1. The van der Waals surface area contributed by atoms with E-state index in [4.69, 9.17) is 11.6 Å². The van der Waals surface area contributed by atoms with E-state index >= 15 is 0 Å². The van der Waals surface area contributed by atoms with Gasteiger partial charge in [-0.3, -0.25) is 4.79 Å². The summed E-state index contributed by atoms with van der Waals surface area (Å²) < 4.78 is 0. The van der Waals surface area contributed by atoms with Gasteiger partial charge in [0.1, 0.15) is 11.3 Å². The predicted molar refractivity (Wildman–Crippen MR) is 55.5 cm³/mol. The van der Waals surface area contributed by atoms with E-state index < -0.39 is 5.54 Å². The fraction of sp³-hybridized carbons (Fsp3) is 0.273. The fourth-order valence-electron chi connectivity index (χ4n) is 1.81. The summed E-state index contributed by atoms with van der Waals surface area (Å²) in [6.45, 7) is 0. The van der Waals surface area contributed by atoms with Crippen LogP contribution in [0.4, 0.5) is 0 Å². The number of carbonyl (C=O) groups is 1. The van der Waals surface area contributed by atoms with Gasteiger partial charge in [-0.1, -0.05) is 23.7 Å². The van der Waals surface area contributed by atoms with Gasteiger partial charge in [0.25, 0.3) is 0 Å². The lowest BCUT2D eigenvalue weighted by atomic mass is 9.71. The number of benzene rings is 1. The van der Waals surface area contributed by atoms with Crippen molar-refractivity contribution in [3.63, 3.8) is 0 Å². The molecular formula is C11H8ClNO2. The lowest BCUT2D eigenvalue weighted by Crippen LogP contribution is -2.39. The molecule has 1 aliphatic carbocycles. The number of nitrogens with zero attached hydrogens (tertiary/aromatic N) is 1. The number of Topliss-reactive ketones (excluding diaryl/α,β-unsaturated/α-hetero) is 1. The molecule has 0 unspecified atom stereocenters. The first-order chi connectivity index (χ1) is 7.16. The fourth-order valence-corrected chi connectivity index (χ4v) is 2.00. The summed E-state index contributed by atoms with van der Waals surface area (Å²) in [5.74, 6) is 0.106. The van der Waals surface area contributed by atoms with E-state index in [1.165, 1.54) is 6.08 Å². The Bertz CT molecular complexity index is 455. The Hall–Kier alpha value is -1.44. The Balaban J connectivity index is 2.42. The van der Waals surface area contributed by atoms with Crippen molar-refractivity contribution in [2.75, 3.05) is 0 Å². The number of carbonyl (C=O) groups excluding carboxylic acids is 2. The molecule has 1 aromatic carbocycles. The van der Waals surface area contributed by atoms with Crippen LogP contribution in [0.2, 0.25) is 5.02 Å². The minimum Gasteiger partial charge on any atom is -0.299 e. The van der Waals surface area contributed by atoms with Gasteiger partial charge in [0.2, 0.25) is 6.08 Å². The smallest absolute Gasteiger partial charge is 0.235 e. The summed E-state index contributed by atoms with van der Waals surface area (Å²) in [5, 5.41) is 0.576. The normalized spacial score (nSPS) is 17.8. The minimum absolute atomic E-state index is 0.106. The summed E-state index contributed by atoms with van der Waals surface area (Å²) in [6.07, 6.45) is 2.06. The third kappa shape index (κ3) is 1.72. The molecule has 4 heteroatoms. The Labute approximate surface area is 91.8 Å². The molecule has 0 bridgehead atoms. The van der Waals surface area contributed by atoms with E-state index in [-0.39, 0.29) is 18.6 Å². The minimum atomic E-state index is -0.705. The molecular weight excluding hydrogens is 214 g/mol. The van der Waals surface area contributed by atoms with Gasteiger partial charge in [0.15, 0.2) is 0 Å². The van der Waals surface area contributed by atoms with Crippen LogP contribution in [-0.4, -0.2) is 11.9 Å². The lowest BCUT2D eigenvalue weighted by Gasteiger charge is -2.35. The lowest BCUT2D eigenvalue weighted by molar-refractivity contribution is -0.128. The summed E-state index contributed by atoms with van der Waals surface area (Å²) in [6, 6.07) is 7.07. The molecule has 0 heterocycles.